The van der Waals surface area contributed by atoms with Gasteiger partial charge < -0.3 is 24.4 Å². The molecule has 0 bridgehead atoms. The van der Waals surface area contributed by atoms with E-state index in [1.54, 1.807) is 24.5 Å². The van der Waals surface area contributed by atoms with Gasteiger partial charge in [-0.05, 0) is 30.3 Å². The number of amides is 1. The van der Waals surface area contributed by atoms with Crippen LogP contribution in [0.2, 0.25) is 0 Å². The van der Waals surface area contributed by atoms with Gasteiger partial charge in [0.05, 0.1) is 17.6 Å². The molecule has 0 aliphatic carbocycles. The first-order chi connectivity index (χ1) is 14.3. The van der Waals surface area contributed by atoms with Crippen molar-refractivity contribution in [1.82, 2.24) is 10.3 Å². The lowest BCUT2D eigenvalue weighted by atomic mass is 10.2. The van der Waals surface area contributed by atoms with Crippen LogP contribution in [0.15, 0.2) is 69.8 Å². The number of aromatic nitrogens is 1. The Morgan fingerprint density at radius 1 is 1.03 bits per heavy atom. The minimum absolute atomic E-state index is 0.218. The number of rotatable bonds is 4. The molecule has 4 heterocycles. The number of fused-ring (bicyclic) bond motifs is 1. The van der Waals surface area contributed by atoms with Crippen molar-refractivity contribution in [2.24, 2.45) is 0 Å². The molecule has 1 aliphatic heterocycles. The van der Waals surface area contributed by atoms with Crippen LogP contribution in [0.25, 0.3) is 22.5 Å². The second-order valence-electron chi connectivity index (χ2n) is 6.90. The Morgan fingerprint density at radius 2 is 1.90 bits per heavy atom. The fraction of sp³-hybridized carbons (Fsp3) is 0.182. The highest BCUT2D eigenvalue weighted by atomic mass is 16.4. The highest BCUT2D eigenvalue weighted by Crippen LogP contribution is 2.30. The quantitative estimate of drug-likeness (QED) is 0.554. The maximum Gasteiger partial charge on any atom is 0.291 e. The molecule has 0 atom stereocenters. The van der Waals surface area contributed by atoms with Gasteiger partial charge in [0, 0.05) is 37.8 Å². The van der Waals surface area contributed by atoms with Crippen LogP contribution in [-0.4, -0.2) is 37.1 Å². The van der Waals surface area contributed by atoms with E-state index in [2.05, 4.69) is 20.5 Å². The number of carbonyl (C=O) groups excluding carboxylic acids is 1. The molecule has 4 aromatic rings. The number of piperazine rings is 1. The summed E-state index contributed by atoms with van der Waals surface area (Å²) in [7, 11) is 0. The molecular weight excluding hydrogens is 368 g/mol. The lowest BCUT2D eigenvalue weighted by Crippen LogP contribution is -2.43. The standard InChI is InChI=1S/C22H20N4O3/c27-22(25-16-14-24-8-7-17(16)26-11-9-23-10-12-26)20-6-5-19(29-20)21-13-15-3-1-2-4-18(15)28-21/h1-8,13-14,23H,9-12H2,(H,25,27). The van der Waals surface area contributed by atoms with Gasteiger partial charge in [-0.25, -0.2) is 0 Å². The Balaban J connectivity index is 1.37. The summed E-state index contributed by atoms with van der Waals surface area (Å²) in [6.07, 6.45) is 3.40. The topological polar surface area (TPSA) is 83.5 Å². The summed E-state index contributed by atoms with van der Waals surface area (Å²) in [5, 5.41) is 7.24. The molecule has 7 heteroatoms. The normalized spacial score (nSPS) is 14.3. The third-order valence-corrected chi connectivity index (χ3v) is 5.00. The highest BCUT2D eigenvalue weighted by Gasteiger charge is 2.19. The zero-order valence-corrected chi connectivity index (χ0v) is 15.7. The number of pyridine rings is 1. The van der Waals surface area contributed by atoms with Crippen molar-refractivity contribution in [1.29, 1.82) is 0 Å². The number of nitrogens with one attached hydrogen (secondary N) is 2. The van der Waals surface area contributed by atoms with E-state index >= 15 is 0 Å². The molecule has 5 rings (SSSR count). The molecular formula is C22H20N4O3. The average molecular weight is 388 g/mol. The summed E-state index contributed by atoms with van der Waals surface area (Å²) in [5.74, 6) is 1.00. The summed E-state index contributed by atoms with van der Waals surface area (Å²) in [4.78, 5) is 19.2. The maximum atomic E-state index is 12.8. The molecule has 0 spiro atoms. The van der Waals surface area contributed by atoms with Gasteiger partial charge in [0.1, 0.15) is 5.58 Å². The summed E-state index contributed by atoms with van der Waals surface area (Å²) in [6.45, 7) is 3.58. The summed E-state index contributed by atoms with van der Waals surface area (Å²) >= 11 is 0. The summed E-state index contributed by atoms with van der Waals surface area (Å²) in [5.41, 5.74) is 2.40. The second kappa shape index (κ2) is 7.44. The van der Waals surface area contributed by atoms with Crippen molar-refractivity contribution in [2.45, 2.75) is 0 Å². The molecule has 7 nitrogen and oxygen atoms in total. The van der Waals surface area contributed by atoms with E-state index in [0.29, 0.717) is 17.2 Å². The Hall–Kier alpha value is -3.58. The molecule has 0 unspecified atom stereocenters. The Morgan fingerprint density at radius 3 is 2.76 bits per heavy atom. The number of anilines is 2. The van der Waals surface area contributed by atoms with E-state index in [0.717, 1.165) is 42.8 Å². The fourth-order valence-electron chi connectivity index (χ4n) is 3.54. The maximum absolute atomic E-state index is 12.8. The molecule has 1 saturated heterocycles. The van der Waals surface area contributed by atoms with Gasteiger partial charge in [-0.15, -0.1) is 0 Å². The van der Waals surface area contributed by atoms with Crippen molar-refractivity contribution in [3.8, 4) is 11.5 Å². The third kappa shape index (κ3) is 3.48. The van der Waals surface area contributed by atoms with Crippen molar-refractivity contribution in [3.63, 3.8) is 0 Å². The number of furan rings is 2. The smallest absolute Gasteiger partial charge is 0.291 e. The summed E-state index contributed by atoms with van der Waals surface area (Å²) < 4.78 is 11.6. The molecule has 29 heavy (non-hydrogen) atoms. The SMILES string of the molecule is O=C(Nc1cnccc1N1CCNCC1)c1ccc(-c2cc3ccccc3o2)o1. The molecule has 0 radical (unpaired) electrons. The number of carbonyl (C=O) groups is 1. The first-order valence-corrected chi connectivity index (χ1v) is 9.58. The molecule has 1 aromatic carbocycles. The van der Waals surface area contributed by atoms with Gasteiger partial charge in [-0.3, -0.25) is 9.78 Å². The van der Waals surface area contributed by atoms with E-state index in [9.17, 15) is 4.79 Å². The van der Waals surface area contributed by atoms with Crippen LogP contribution in [0, 0.1) is 0 Å². The number of nitrogens with zero attached hydrogens (tertiary/aromatic N) is 2. The molecule has 3 aromatic heterocycles. The van der Waals surface area contributed by atoms with E-state index in [4.69, 9.17) is 8.83 Å². The largest absolute Gasteiger partial charge is 0.453 e. The van der Waals surface area contributed by atoms with Crippen molar-refractivity contribution < 1.29 is 13.6 Å². The molecule has 1 fully saturated rings. The van der Waals surface area contributed by atoms with Gasteiger partial charge in [0.2, 0.25) is 0 Å². The lowest BCUT2D eigenvalue weighted by molar-refractivity contribution is 0.0997. The third-order valence-electron chi connectivity index (χ3n) is 5.00. The Bertz CT molecular complexity index is 1120. The molecule has 1 amide bonds. The number of benzene rings is 1. The number of para-hydroxylation sites is 1. The average Bonchev–Trinajstić information content (AvgIpc) is 3.42. The van der Waals surface area contributed by atoms with Gasteiger partial charge in [0.15, 0.2) is 17.3 Å². The van der Waals surface area contributed by atoms with Gasteiger partial charge in [-0.2, -0.15) is 0 Å². The number of hydrogen-bond donors (Lipinski definition) is 2. The van der Waals surface area contributed by atoms with Crippen LogP contribution in [0.1, 0.15) is 10.6 Å². The summed E-state index contributed by atoms with van der Waals surface area (Å²) in [6, 6.07) is 15.0. The van der Waals surface area contributed by atoms with Crippen LogP contribution < -0.4 is 15.5 Å². The van der Waals surface area contributed by atoms with E-state index in [1.165, 1.54) is 0 Å². The first-order valence-electron chi connectivity index (χ1n) is 9.58. The Labute approximate surface area is 167 Å². The van der Waals surface area contributed by atoms with Gasteiger partial charge in [-0.1, -0.05) is 18.2 Å². The monoisotopic (exact) mass is 388 g/mol. The molecule has 1 aliphatic rings. The van der Waals surface area contributed by atoms with Crippen LogP contribution in [0.3, 0.4) is 0 Å². The predicted molar refractivity (Wildman–Crippen MR) is 111 cm³/mol. The van der Waals surface area contributed by atoms with Crippen LogP contribution in [0.5, 0.6) is 0 Å². The zero-order chi connectivity index (χ0) is 19.6. The van der Waals surface area contributed by atoms with E-state index in [-0.39, 0.29) is 11.7 Å². The minimum Gasteiger partial charge on any atom is -0.453 e. The minimum atomic E-state index is -0.322. The van der Waals surface area contributed by atoms with Crippen LogP contribution >= 0.6 is 0 Å². The Kier molecular flexibility index (Phi) is 4.50. The van der Waals surface area contributed by atoms with Gasteiger partial charge >= 0.3 is 0 Å². The van der Waals surface area contributed by atoms with Crippen molar-refractivity contribution in [3.05, 3.63) is 66.7 Å². The zero-order valence-electron chi connectivity index (χ0n) is 15.7. The first kappa shape index (κ1) is 17.5. The second-order valence-corrected chi connectivity index (χ2v) is 6.90. The predicted octanol–water partition coefficient (Wildman–Crippen LogP) is 3.75. The highest BCUT2D eigenvalue weighted by molar-refractivity contribution is 6.04. The van der Waals surface area contributed by atoms with Gasteiger partial charge in [0.25, 0.3) is 5.91 Å². The fourth-order valence-corrected chi connectivity index (χ4v) is 3.54. The van der Waals surface area contributed by atoms with E-state index < -0.39 is 0 Å². The van der Waals surface area contributed by atoms with Crippen LogP contribution in [0.4, 0.5) is 11.4 Å². The van der Waals surface area contributed by atoms with E-state index in [1.807, 2.05) is 36.4 Å². The van der Waals surface area contributed by atoms with Crippen molar-refractivity contribution in [2.75, 3.05) is 36.4 Å². The molecule has 2 N–H and O–H groups in total. The molecule has 0 saturated carbocycles. The molecule has 146 valence electrons. The van der Waals surface area contributed by atoms with Crippen LogP contribution in [-0.2, 0) is 0 Å². The van der Waals surface area contributed by atoms with Crippen molar-refractivity contribution >= 4 is 28.3 Å². The lowest BCUT2D eigenvalue weighted by Gasteiger charge is -2.30. The number of hydrogen-bond acceptors (Lipinski definition) is 6.